The Morgan fingerprint density at radius 3 is 2.50 bits per heavy atom. The van der Waals surface area contributed by atoms with E-state index in [2.05, 4.69) is 28.1 Å². The molecule has 0 saturated heterocycles. The van der Waals surface area contributed by atoms with E-state index in [1.165, 1.54) is 5.56 Å². The van der Waals surface area contributed by atoms with Crippen LogP contribution in [0, 0.1) is 0 Å². The van der Waals surface area contributed by atoms with Gasteiger partial charge in [0.15, 0.2) is 0 Å². The SMILES string of the molecule is Clc1ccc(C=CCCBr)cc1. The molecule has 0 nitrogen and oxygen atoms in total. The molecular formula is C10H10BrCl. The van der Waals surface area contributed by atoms with E-state index in [-0.39, 0.29) is 0 Å². The van der Waals surface area contributed by atoms with Crippen molar-refractivity contribution in [3.05, 3.63) is 40.9 Å². The van der Waals surface area contributed by atoms with Gasteiger partial charge >= 0.3 is 0 Å². The van der Waals surface area contributed by atoms with Gasteiger partial charge in [-0.05, 0) is 24.1 Å². The summed E-state index contributed by atoms with van der Waals surface area (Å²) in [5, 5.41) is 1.80. The lowest BCUT2D eigenvalue weighted by molar-refractivity contribution is 1.27. The highest BCUT2D eigenvalue weighted by atomic mass is 79.9. The van der Waals surface area contributed by atoms with Gasteiger partial charge in [-0.2, -0.15) is 0 Å². The second-order valence-corrected chi connectivity index (χ2v) is 3.66. The monoisotopic (exact) mass is 244 g/mol. The summed E-state index contributed by atoms with van der Waals surface area (Å²) in [6.45, 7) is 0. The quantitative estimate of drug-likeness (QED) is 0.702. The molecule has 12 heavy (non-hydrogen) atoms. The van der Waals surface area contributed by atoms with Crippen LogP contribution in [0.5, 0.6) is 0 Å². The molecule has 0 heterocycles. The van der Waals surface area contributed by atoms with Crippen molar-refractivity contribution in [2.75, 3.05) is 5.33 Å². The molecule has 0 saturated carbocycles. The van der Waals surface area contributed by atoms with Crippen molar-refractivity contribution in [3.8, 4) is 0 Å². The Morgan fingerprint density at radius 1 is 1.25 bits per heavy atom. The van der Waals surface area contributed by atoms with Crippen LogP contribution in [-0.2, 0) is 0 Å². The van der Waals surface area contributed by atoms with Gasteiger partial charge in [-0.1, -0.05) is 51.8 Å². The van der Waals surface area contributed by atoms with Crippen molar-refractivity contribution in [3.63, 3.8) is 0 Å². The number of benzene rings is 1. The first-order chi connectivity index (χ1) is 5.83. The van der Waals surface area contributed by atoms with Crippen LogP contribution in [-0.4, -0.2) is 5.33 Å². The molecule has 0 radical (unpaired) electrons. The Kier molecular flexibility index (Phi) is 4.41. The van der Waals surface area contributed by atoms with Crippen LogP contribution >= 0.6 is 27.5 Å². The van der Waals surface area contributed by atoms with E-state index in [9.17, 15) is 0 Å². The minimum atomic E-state index is 0.785. The zero-order valence-corrected chi connectivity index (χ0v) is 8.98. The van der Waals surface area contributed by atoms with Crippen LogP contribution in [0.4, 0.5) is 0 Å². The number of allylic oxidation sites excluding steroid dienone is 1. The molecule has 1 aromatic carbocycles. The molecule has 0 bridgehead atoms. The molecule has 0 aromatic heterocycles. The van der Waals surface area contributed by atoms with Crippen LogP contribution in [0.3, 0.4) is 0 Å². The van der Waals surface area contributed by atoms with E-state index in [0.29, 0.717) is 0 Å². The van der Waals surface area contributed by atoms with Gasteiger partial charge in [-0.15, -0.1) is 0 Å². The van der Waals surface area contributed by atoms with Gasteiger partial charge in [-0.25, -0.2) is 0 Å². The molecule has 0 spiro atoms. The van der Waals surface area contributed by atoms with E-state index in [4.69, 9.17) is 11.6 Å². The third-order valence-corrected chi connectivity index (χ3v) is 2.17. The molecule has 0 aliphatic rings. The van der Waals surface area contributed by atoms with E-state index in [0.717, 1.165) is 16.8 Å². The summed E-state index contributed by atoms with van der Waals surface area (Å²) >= 11 is 9.10. The second kappa shape index (κ2) is 5.39. The van der Waals surface area contributed by atoms with Crippen LogP contribution < -0.4 is 0 Å². The first kappa shape index (κ1) is 9.82. The van der Waals surface area contributed by atoms with Gasteiger partial charge in [0.2, 0.25) is 0 Å². The maximum atomic E-state index is 5.74. The lowest BCUT2D eigenvalue weighted by atomic mass is 10.2. The van der Waals surface area contributed by atoms with Gasteiger partial charge in [0.05, 0.1) is 0 Å². The highest BCUT2D eigenvalue weighted by Gasteiger charge is 1.86. The third kappa shape index (κ3) is 3.42. The van der Waals surface area contributed by atoms with Gasteiger partial charge in [0.1, 0.15) is 0 Å². The predicted octanol–water partition coefficient (Wildman–Crippen LogP) is 4.14. The zero-order valence-electron chi connectivity index (χ0n) is 6.63. The van der Waals surface area contributed by atoms with Crippen LogP contribution in [0.15, 0.2) is 30.3 Å². The first-order valence-electron chi connectivity index (χ1n) is 3.81. The summed E-state index contributed by atoms with van der Waals surface area (Å²) in [5.74, 6) is 0. The standard InChI is InChI=1S/C10H10BrCl/c11-8-2-1-3-9-4-6-10(12)7-5-9/h1,3-7H,2,8H2. The number of alkyl halides is 1. The van der Waals surface area contributed by atoms with Crippen molar-refractivity contribution in [2.45, 2.75) is 6.42 Å². The lowest BCUT2D eigenvalue weighted by Gasteiger charge is -1.92. The largest absolute Gasteiger partial charge is 0.0925 e. The zero-order chi connectivity index (χ0) is 8.81. The Balaban J connectivity index is 2.58. The number of hydrogen-bond acceptors (Lipinski definition) is 0. The molecule has 64 valence electrons. The van der Waals surface area contributed by atoms with Gasteiger partial charge in [0.25, 0.3) is 0 Å². The topological polar surface area (TPSA) is 0 Å². The van der Waals surface area contributed by atoms with Crippen molar-refractivity contribution in [1.82, 2.24) is 0 Å². The Labute approximate surface area is 86.4 Å². The molecular weight excluding hydrogens is 235 g/mol. The molecule has 1 aromatic rings. The minimum Gasteiger partial charge on any atom is -0.0925 e. The Bertz CT molecular complexity index is 251. The maximum Gasteiger partial charge on any atom is 0.0406 e. The minimum absolute atomic E-state index is 0.785. The fraction of sp³-hybridized carbons (Fsp3) is 0.200. The van der Waals surface area contributed by atoms with E-state index in [1.807, 2.05) is 24.3 Å². The van der Waals surface area contributed by atoms with Crippen molar-refractivity contribution in [1.29, 1.82) is 0 Å². The molecule has 1 rings (SSSR count). The molecule has 0 amide bonds. The van der Waals surface area contributed by atoms with E-state index < -0.39 is 0 Å². The average Bonchev–Trinajstić information content (AvgIpc) is 2.09. The van der Waals surface area contributed by atoms with Crippen molar-refractivity contribution >= 4 is 33.6 Å². The van der Waals surface area contributed by atoms with Crippen LogP contribution in [0.1, 0.15) is 12.0 Å². The van der Waals surface area contributed by atoms with Crippen LogP contribution in [0.25, 0.3) is 6.08 Å². The summed E-state index contributed by atoms with van der Waals surface area (Å²) in [7, 11) is 0. The maximum absolute atomic E-state index is 5.74. The van der Waals surface area contributed by atoms with Crippen molar-refractivity contribution < 1.29 is 0 Å². The Hall–Kier alpha value is -0.270. The summed E-state index contributed by atoms with van der Waals surface area (Å²) < 4.78 is 0. The van der Waals surface area contributed by atoms with E-state index in [1.54, 1.807) is 0 Å². The second-order valence-electron chi connectivity index (χ2n) is 2.43. The number of hydrogen-bond donors (Lipinski definition) is 0. The number of rotatable bonds is 3. The summed E-state index contributed by atoms with van der Waals surface area (Å²) in [5.41, 5.74) is 1.19. The van der Waals surface area contributed by atoms with Gasteiger partial charge in [0, 0.05) is 10.4 Å². The highest BCUT2D eigenvalue weighted by Crippen LogP contribution is 2.10. The molecule has 0 aliphatic heterocycles. The van der Waals surface area contributed by atoms with Gasteiger partial charge in [-0.3, -0.25) is 0 Å². The van der Waals surface area contributed by atoms with Crippen molar-refractivity contribution in [2.24, 2.45) is 0 Å². The average molecular weight is 246 g/mol. The lowest BCUT2D eigenvalue weighted by Crippen LogP contribution is -1.71. The molecule has 0 aliphatic carbocycles. The molecule has 0 N–H and O–H groups in total. The highest BCUT2D eigenvalue weighted by molar-refractivity contribution is 9.09. The fourth-order valence-corrected chi connectivity index (χ4v) is 1.25. The molecule has 2 heteroatoms. The number of halogens is 2. The molecule has 0 unspecified atom stereocenters. The molecule has 0 fully saturated rings. The van der Waals surface area contributed by atoms with Crippen LogP contribution in [0.2, 0.25) is 5.02 Å². The predicted molar refractivity (Wildman–Crippen MR) is 58.9 cm³/mol. The summed E-state index contributed by atoms with van der Waals surface area (Å²) in [6.07, 6.45) is 5.29. The summed E-state index contributed by atoms with van der Waals surface area (Å²) in [6, 6.07) is 7.81. The van der Waals surface area contributed by atoms with Gasteiger partial charge < -0.3 is 0 Å². The summed E-state index contributed by atoms with van der Waals surface area (Å²) in [4.78, 5) is 0. The smallest absolute Gasteiger partial charge is 0.0406 e. The fourth-order valence-electron chi connectivity index (χ4n) is 0.856. The van der Waals surface area contributed by atoms with E-state index >= 15 is 0 Å². The molecule has 0 atom stereocenters. The first-order valence-corrected chi connectivity index (χ1v) is 5.31. The normalized spacial score (nSPS) is 10.8. The Morgan fingerprint density at radius 2 is 1.92 bits per heavy atom. The third-order valence-electron chi connectivity index (χ3n) is 1.46.